The number of aryl methyl sites for hydroxylation is 1. The van der Waals surface area contributed by atoms with Crippen molar-refractivity contribution in [1.29, 1.82) is 0 Å². The van der Waals surface area contributed by atoms with E-state index in [1.807, 2.05) is 19.1 Å². The number of rotatable bonds is 7. The highest BCUT2D eigenvalue weighted by Crippen LogP contribution is 2.30. The molecular weight excluding hydrogens is 374 g/mol. The standard InChI is InChI=1S/C17H19N3O6S/c1-12-4-6-13(7-5-12)18-17(21)11-19(2)27(24,25)16-9-8-14(20(22)23)10-15(16)26-3/h4-10H,11H2,1-3H3,(H,18,21). The lowest BCUT2D eigenvalue weighted by molar-refractivity contribution is -0.385. The zero-order valence-corrected chi connectivity index (χ0v) is 15.8. The van der Waals surface area contributed by atoms with Crippen LogP contribution in [-0.2, 0) is 14.8 Å². The van der Waals surface area contributed by atoms with Gasteiger partial charge < -0.3 is 10.1 Å². The highest BCUT2D eigenvalue weighted by molar-refractivity contribution is 7.89. The molecule has 10 heteroatoms. The second-order valence-electron chi connectivity index (χ2n) is 5.77. The lowest BCUT2D eigenvalue weighted by atomic mass is 10.2. The Morgan fingerprint density at radius 1 is 1.22 bits per heavy atom. The van der Waals surface area contributed by atoms with Gasteiger partial charge in [-0.1, -0.05) is 17.7 Å². The molecule has 0 atom stereocenters. The van der Waals surface area contributed by atoms with Crippen LogP contribution in [0.4, 0.5) is 11.4 Å². The molecule has 0 aromatic heterocycles. The van der Waals surface area contributed by atoms with Crippen LogP contribution in [0.25, 0.3) is 0 Å². The van der Waals surface area contributed by atoms with Gasteiger partial charge in [-0.3, -0.25) is 14.9 Å². The van der Waals surface area contributed by atoms with Crippen LogP contribution in [0.15, 0.2) is 47.4 Å². The van der Waals surface area contributed by atoms with Crippen molar-refractivity contribution in [3.8, 4) is 5.75 Å². The molecule has 27 heavy (non-hydrogen) atoms. The molecular formula is C17H19N3O6S. The number of nitro benzene ring substituents is 1. The SMILES string of the molecule is COc1cc([N+](=O)[O-])ccc1S(=O)(=O)N(C)CC(=O)Nc1ccc(C)cc1. The van der Waals surface area contributed by atoms with E-state index in [1.165, 1.54) is 14.2 Å². The van der Waals surface area contributed by atoms with E-state index in [2.05, 4.69) is 5.32 Å². The predicted molar refractivity (Wildman–Crippen MR) is 99.3 cm³/mol. The highest BCUT2D eigenvalue weighted by Gasteiger charge is 2.28. The zero-order chi connectivity index (χ0) is 20.2. The van der Waals surface area contributed by atoms with Crippen LogP contribution in [0.2, 0.25) is 0 Å². The number of nitrogens with one attached hydrogen (secondary N) is 1. The normalized spacial score (nSPS) is 11.3. The highest BCUT2D eigenvalue weighted by atomic mass is 32.2. The first-order chi connectivity index (χ1) is 12.6. The fourth-order valence-corrected chi connectivity index (χ4v) is 3.53. The van der Waals surface area contributed by atoms with E-state index in [-0.39, 0.29) is 16.3 Å². The topological polar surface area (TPSA) is 119 Å². The van der Waals surface area contributed by atoms with Crippen LogP contribution in [0.1, 0.15) is 5.56 Å². The predicted octanol–water partition coefficient (Wildman–Crippen LogP) is 2.17. The Morgan fingerprint density at radius 3 is 2.41 bits per heavy atom. The van der Waals surface area contributed by atoms with Crippen molar-refractivity contribution in [3.63, 3.8) is 0 Å². The third kappa shape index (κ3) is 4.80. The summed E-state index contributed by atoms with van der Waals surface area (Å²) in [6.07, 6.45) is 0. The number of carbonyl (C=O) groups is 1. The monoisotopic (exact) mass is 393 g/mol. The van der Waals surface area contributed by atoms with Gasteiger partial charge in [0.15, 0.2) is 0 Å². The molecule has 2 aromatic carbocycles. The smallest absolute Gasteiger partial charge is 0.273 e. The number of hydrogen-bond donors (Lipinski definition) is 1. The molecule has 1 N–H and O–H groups in total. The van der Waals surface area contributed by atoms with Gasteiger partial charge in [-0.05, 0) is 25.1 Å². The summed E-state index contributed by atoms with van der Waals surface area (Å²) >= 11 is 0. The van der Waals surface area contributed by atoms with Crippen LogP contribution in [0.5, 0.6) is 5.75 Å². The molecule has 0 bridgehead atoms. The number of ether oxygens (including phenoxy) is 1. The Kier molecular flexibility index (Phi) is 6.13. The van der Waals surface area contributed by atoms with Gasteiger partial charge in [0.2, 0.25) is 15.9 Å². The van der Waals surface area contributed by atoms with Crippen molar-refractivity contribution in [1.82, 2.24) is 4.31 Å². The van der Waals surface area contributed by atoms with E-state index >= 15 is 0 Å². The van der Waals surface area contributed by atoms with Crippen LogP contribution >= 0.6 is 0 Å². The number of likely N-dealkylation sites (N-methyl/N-ethyl adjacent to an activating group) is 1. The molecule has 0 radical (unpaired) electrons. The summed E-state index contributed by atoms with van der Waals surface area (Å²) in [4.78, 5) is 22.1. The first-order valence-corrected chi connectivity index (χ1v) is 9.24. The van der Waals surface area contributed by atoms with E-state index in [4.69, 9.17) is 4.74 Å². The number of sulfonamides is 1. The number of amides is 1. The van der Waals surface area contributed by atoms with Crippen LogP contribution < -0.4 is 10.1 Å². The quantitative estimate of drug-likeness (QED) is 0.569. The van der Waals surface area contributed by atoms with Crippen molar-refractivity contribution in [2.75, 3.05) is 26.0 Å². The number of nitro groups is 1. The Hall–Kier alpha value is -2.98. The lowest BCUT2D eigenvalue weighted by Crippen LogP contribution is -2.35. The Morgan fingerprint density at radius 2 is 1.85 bits per heavy atom. The summed E-state index contributed by atoms with van der Waals surface area (Å²) in [5.74, 6) is -0.694. The van der Waals surface area contributed by atoms with E-state index in [1.54, 1.807) is 12.1 Å². The largest absolute Gasteiger partial charge is 0.495 e. The summed E-state index contributed by atoms with van der Waals surface area (Å²) < 4.78 is 31.3. The Labute approximate surface area is 156 Å². The molecule has 2 aromatic rings. The van der Waals surface area contributed by atoms with Crippen LogP contribution in [0.3, 0.4) is 0 Å². The number of methoxy groups -OCH3 is 1. The van der Waals surface area contributed by atoms with E-state index in [0.717, 1.165) is 28.1 Å². The molecule has 0 unspecified atom stereocenters. The van der Waals surface area contributed by atoms with Crippen molar-refractivity contribution >= 4 is 27.3 Å². The summed E-state index contributed by atoms with van der Waals surface area (Å²) in [5.41, 5.74) is 1.27. The van der Waals surface area contributed by atoms with Crippen molar-refractivity contribution in [3.05, 3.63) is 58.1 Å². The third-order valence-electron chi connectivity index (χ3n) is 3.75. The van der Waals surface area contributed by atoms with Gasteiger partial charge in [-0.15, -0.1) is 0 Å². The average molecular weight is 393 g/mol. The van der Waals surface area contributed by atoms with Gasteiger partial charge in [-0.25, -0.2) is 8.42 Å². The molecule has 144 valence electrons. The van der Waals surface area contributed by atoms with E-state index in [9.17, 15) is 23.3 Å². The van der Waals surface area contributed by atoms with Gasteiger partial charge in [0.25, 0.3) is 5.69 Å². The number of nitrogens with zero attached hydrogens (tertiary/aromatic N) is 2. The first kappa shape index (κ1) is 20.3. The minimum absolute atomic E-state index is 0.171. The molecule has 0 fully saturated rings. The average Bonchev–Trinajstić information content (AvgIpc) is 2.62. The maximum Gasteiger partial charge on any atom is 0.273 e. The molecule has 0 aliphatic rings. The van der Waals surface area contributed by atoms with Crippen LogP contribution in [0, 0.1) is 17.0 Å². The van der Waals surface area contributed by atoms with Gasteiger partial charge in [-0.2, -0.15) is 4.31 Å². The van der Waals surface area contributed by atoms with Gasteiger partial charge in [0.05, 0.1) is 24.6 Å². The fraction of sp³-hybridized carbons (Fsp3) is 0.235. The van der Waals surface area contributed by atoms with E-state index in [0.29, 0.717) is 5.69 Å². The minimum Gasteiger partial charge on any atom is -0.495 e. The maximum absolute atomic E-state index is 12.7. The second kappa shape index (κ2) is 8.14. The molecule has 0 saturated heterocycles. The van der Waals surface area contributed by atoms with E-state index < -0.39 is 27.4 Å². The third-order valence-corrected chi connectivity index (χ3v) is 5.59. The molecule has 0 aliphatic carbocycles. The number of non-ortho nitro benzene ring substituents is 1. The summed E-state index contributed by atoms with van der Waals surface area (Å²) in [6.45, 7) is 1.47. The first-order valence-electron chi connectivity index (χ1n) is 7.80. The number of hydrogen-bond acceptors (Lipinski definition) is 6. The van der Waals surface area contributed by atoms with Gasteiger partial charge in [0.1, 0.15) is 10.6 Å². The van der Waals surface area contributed by atoms with Crippen LogP contribution in [-0.4, -0.2) is 44.3 Å². The fourth-order valence-electron chi connectivity index (χ4n) is 2.28. The molecule has 9 nitrogen and oxygen atoms in total. The van der Waals surface area contributed by atoms with Gasteiger partial charge in [0, 0.05) is 18.8 Å². The Balaban J connectivity index is 2.19. The van der Waals surface area contributed by atoms with Crippen molar-refractivity contribution < 1.29 is 22.9 Å². The molecule has 0 aliphatic heterocycles. The summed E-state index contributed by atoms with van der Waals surface area (Å²) in [7, 11) is -1.64. The summed E-state index contributed by atoms with van der Waals surface area (Å²) in [6, 6.07) is 10.2. The molecule has 2 rings (SSSR count). The lowest BCUT2D eigenvalue weighted by Gasteiger charge is -2.18. The molecule has 1 amide bonds. The van der Waals surface area contributed by atoms with Crippen molar-refractivity contribution in [2.45, 2.75) is 11.8 Å². The zero-order valence-electron chi connectivity index (χ0n) is 15.0. The molecule has 0 spiro atoms. The molecule has 0 heterocycles. The maximum atomic E-state index is 12.7. The second-order valence-corrected chi connectivity index (χ2v) is 7.78. The summed E-state index contributed by atoms with van der Waals surface area (Å²) in [5, 5.41) is 13.5. The number of carbonyl (C=O) groups excluding carboxylic acids is 1. The molecule has 0 saturated carbocycles. The number of benzene rings is 2. The Bertz CT molecular complexity index is 957. The number of anilines is 1. The minimum atomic E-state index is -4.09. The van der Waals surface area contributed by atoms with Gasteiger partial charge >= 0.3 is 0 Å². The van der Waals surface area contributed by atoms with Crippen molar-refractivity contribution in [2.24, 2.45) is 0 Å².